The number of rotatable bonds is 6. The van der Waals surface area contributed by atoms with E-state index in [1.807, 2.05) is 13.8 Å². The number of imidazole rings is 1. The Bertz CT molecular complexity index is 657. The molecule has 5 nitrogen and oxygen atoms in total. The molecule has 0 amide bonds. The highest BCUT2D eigenvalue weighted by atomic mass is 19.1. The first-order valence-electron chi connectivity index (χ1n) is 8.36. The minimum absolute atomic E-state index is 0.0886. The summed E-state index contributed by atoms with van der Waals surface area (Å²) in [5.41, 5.74) is 3.03. The van der Waals surface area contributed by atoms with Crippen LogP contribution < -0.4 is 0 Å². The van der Waals surface area contributed by atoms with E-state index in [-0.39, 0.29) is 18.0 Å². The minimum Gasteiger partial charge on any atom is -0.389 e. The van der Waals surface area contributed by atoms with Gasteiger partial charge in [0.15, 0.2) is 0 Å². The van der Waals surface area contributed by atoms with Crippen LogP contribution in [0.1, 0.15) is 36.8 Å². The third-order valence-corrected chi connectivity index (χ3v) is 4.28. The van der Waals surface area contributed by atoms with E-state index in [4.69, 9.17) is 4.74 Å². The van der Waals surface area contributed by atoms with Crippen molar-refractivity contribution in [3.63, 3.8) is 0 Å². The molecule has 1 aromatic carbocycles. The number of nitrogens with zero attached hydrogens (tertiary/aromatic N) is 2. The average Bonchev–Trinajstić information content (AvgIpc) is 3.02. The van der Waals surface area contributed by atoms with Crippen molar-refractivity contribution in [2.75, 3.05) is 19.7 Å². The van der Waals surface area contributed by atoms with Crippen LogP contribution in [0.3, 0.4) is 0 Å². The standard InChI is InChI=1S/C18H24FN3O2/c1-12(2)24-10-15(23)9-22-8-7-16-17(21-11-20-16)18(22)13-3-5-14(19)6-4-13/h3-6,11-12,15,18,23H,7-10H2,1-2H3,(H,20,21)/t15-,18+/m0/s1. The molecule has 2 atom stereocenters. The smallest absolute Gasteiger partial charge is 0.123 e. The van der Waals surface area contributed by atoms with E-state index in [0.717, 1.165) is 29.9 Å². The second kappa shape index (κ2) is 7.42. The van der Waals surface area contributed by atoms with Crippen LogP contribution in [0.25, 0.3) is 0 Å². The van der Waals surface area contributed by atoms with E-state index >= 15 is 0 Å². The molecule has 0 aliphatic carbocycles. The zero-order chi connectivity index (χ0) is 17.1. The number of H-pyrrole nitrogens is 1. The minimum atomic E-state index is -0.573. The van der Waals surface area contributed by atoms with Crippen molar-refractivity contribution in [2.45, 2.75) is 38.5 Å². The maximum absolute atomic E-state index is 13.3. The fourth-order valence-corrected chi connectivity index (χ4v) is 3.16. The van der Waals surface area contributed by atoms with E-state index < -0.39 is 6.10 Å². The number of ether oxygens (including phenoxy) is 1. The number of benzene rings is 1. The molecule has 130 valence electrons. The Morgan fingerprint density at radius 3 is 2.83 bits per heavy atom. The lowest BCUT2D eigenvalue weighted by molar-refractivity contribution is -0.0134. The van der Waals surface area contributed by atoms with Gasteiger partial charge in [-0.3, -0.25) is 4.90 Å². The lowest BCUT2D eigenvalue weighted by Gasteiger charge is -2.36. The lowest BCUT2D eigenvalue weighted by atomic mass is 9.95. The van der Waals surface area contributed by atoms with Gasteiger partial charge in [0.1, 0.15) is 5.82 Å². The molecule has 2 N–H and O–H groups in total. The molecule has 6 heteroatoms. The fraction of sp³-hybridized carbons (Fsp3) is 0.500. The van der Waals surface area contributed by atoms with Crippen LogP contribution in [-0.4, -0.2) is 51.9 Å². The monoisotopic (exact) mass is 333 g/mol. The molecular formula is C18H24FN3O2. The molecule has 3 rings (SSSR count). The van der Waals surface area contributed by atoms with Crippen LogP contribution >= 0.6 is 0 Å². The summed E-state index contributed by atoms with van der Waals surface area (Å²) in [6.07, 6.45) is 2.07. The number of hydrogen-bond acceptors (Lipinski definition) is 4. The van der Waals surface area contributed by atoms with Crippen molar-refractivity contribution in [3.05, 3.63) is 53.4 Å². The predicted molar refractivity (Wildman–Crippen MR) is 89.2 cm³/mol. The zero-order valence-electron chi connectivity index (χ0n) is 14.1. The molecule has 0 saturated heterocycles. The van der Waals surface area contributed by atoms with Crippen LogP contribution in [0, 0.1) is 5.82 Å². The highest BCUT2D eigenvalue weighted by molar-refractivity contribution is 5.32. The molecule has 2 aromatic rings. The molecule has 0 fully saturated rings. The number of nitrogens with one attached hydrogen (secondary N) is 1. The summed E-state index contributed by atoms with van der Waals surface area (Å²) in [6, 6.07) is 6.41. The van der Waals surface area contributed by atoms with Crippen LogP contribution in [0.15, 0.2) is 30.6 Å². The van der Waals surface area contributed by atoms with Gasteiger partial charge in [-0.2, -0.15) is 0 Å². The Morgan fingerprint density at radius 2 is 2.12 bits per heavy atom. The van der Waals surface area contributed by atoms with Crippen molar-refractivity contribution >= 4 is 0 Å². The molecule has 0 bridgehead atoms. The molecule has 0 unspecified atom stereocenters. The number of fused-ring (bicyclic) bond motifs is 1. The Balaban J connectivity index is 1.81. The van der Waals surface area contributed by atoms with Crippen LogP contribution in [-0.2, 0) is 11.2 Å². The summed E-state index contributed by atoms with van der Waals surface area (Å²) < 4.78 is 18.8. The SMILES string of the molecule is CC(C)OC[C@@H](O)CN1CCc2[nH]cnc2[C@H]1c1ccc(F)cc1. The summed E-state index contributed by atoms with van der Waals surface area (Å²) >= 11 is 0. The van der Waals surface area contributed by atoms with E-state index in [0.29, 0.717) is 13.2 Å². The predicted octanol–water partition coefficient (Wildman–Crippen LogP) is 2.28. The van der Waals surface area contributed by atoms with Gasteiger partial charge in [0.25, 0.3) is 0 Å². The number of aliphatic hydroxyl groups is 1. The Kier molecular flexibility index (Phi) is 5.28. The van der Waals surface area contributed by atoms with Crippen molar-refractivity contribution in [2.24, 2.45) is 0 Å². The molecular weight excluding hydrogens is 309 g/mol. The maximum Gasteiger partial charge on any atom is 0.123 e. The number of aromatic amines is 1. The van der Waals surface area contributed by atoms with E-state index in [9.17, 15) is 9.50 Å². The third-order valence-electron chi connectivity index (χ3n) is 4.28. The van der Waals surface area contributed by atoms with Gasteiger partial charge in [-0.1, -0.05) is 12.1 Å². The average molecular weight is 333 g/mol. The first-order chi connectivity index (χ1) is 11.5. The molecule has 0 radical (unpaired) electrons. The van der Waals surface area contributed by atoms with Gasteiger partial charge in [-0.15, -0.1) is 0 Å². The van der Waals surface area contributed by atoms with Gasteiger partial charge in [0.2, 0.25) is 0 Å². The van der Waals surface area contributed by atoms with Crippen molar-refractivity contribution in [3.8, 4) is 0 Å². The van der Waals surface area contributed by atoms with Crippen LogP contribution in [0.4, 0.5) is 4.39 Å². The van der Waals surface area contributed by atoms with Crippen molar-refractivity contribution in [1.82, 2.24) is 14.9 Å². The highest BCUT2D eigenvalue weighted by Crippen LogP contribution is 2.33. The largest absolute Gasteiger partial charge is 0.389 e. The number of aromatic nitrogens is 2. The van der Waals surface area contributed by atoms with E-state index in [1.165, 1.54) is 12.1 Å². The van der Waals surface area contributed by atoms with Gasteiger partial charge < -0.3 is 14.8 Å². The molecule has 0 spiro atoms. The molecule has 24 heavy (non-hydrogen) atoms. The lowest BCUT2D eigenvalue weighted by Crippen LogP contribution is -2.42. The highest BCUT2D eigenvalue weighted by Gasteiger charge is 2.32. The number of halogens is 1. The molecule has 1 aliphatic rings. The topological polar surface area (TPSA) is 61.4 Å². The maximum atomic E-state index is 13.3. The first kappa shape index (κ1) is 17.1. The normalized spacial score (nSPS) is 19.5. The first-order valence-corrected chi connectivity index (χ1v) is 8.36. The number of hydrogen-bond donors (Lipinski definition) is 2. The Hall–Kier alpha value is -1.76. The fourth-order valence-electron chi connectivity index (χ4n) is 3.16. The van der Waals surface area contributed by atoms with Gasteiger partial charge in [0, 0.05) is 25.2 Å². The van der Waals surface area contributed by atoms with E-state index in [2.05, 4.69) is 14.9 Å². The second-order valence-electron chi connectivity index (χ2n) is 6.50. The number of aliphatic hydroxyl groups excluding tert-OH is 1. The summed E-state index contributed by atoms with van der Waals surface area (Å²) in [6.45, 7) is 5.49. The van der Waals surface area contributed by atoms with E-state index in [1.54, 1.807) is 18.5 Å². The van der Waals surface area contributed by atoms with Crippen molar-refractivity contribution < 1.29 is 14.2 Å². The summed E-state index contributed by atoms with van der Waals surface area (Å²) in [4.78, 5) is 9.83. The van der Waals surface area contributed by atoms with Crippen LogP contribution in [0.2, 0.25) is 0 Å². The Morgan fingerprint density at radius 1 is 1.38 bits per heavy atom. The number of β-amino-alcohol motifs (C(OH)–C–C–N with tert-alkyl or cyclic N) is 1. The second-order valence-corrected chi connectivity index (χ2v) is 6.50. The van der Waals surface area contributed by atoms with Crippen LogP contribution in [0.5, 0.6) is 0 Å². The quantitative estimate of drug-likeness (QED) is 0.851. The molecule has 1 aliphatic heterocycles. The van der Waals surface area contributed by atoms with Gasteiger partial charge in [-0.05, 0) is 31.5 Å². The summed E-state index contributed by atoms with van der Waals surface area (Å²) in [5.74, 6) is -0.256. The summed E-state index contributed by atoms with van der Waals surface area (Å²) in [7, 11) is 0. The zero-order valence-corrected chi connectivity index (χ0v) is 14.1. The van der Waals surface area contributed by atoms with Crippen molar-refractivity contribution in [1.29, 1.82) is 0 Å². The molecule has 0 saturated carbocycles. The molecule has 1 aromatic heterocycles. The third kappa shape index (κ3) is 3.83. The van der Waals surface area contributed by atoms with Gasteiger partial charge in [0.05, 0.1) is 36.9 Å². The van der Waals surface area contributed by atoms with Gasteiger partial charge >= 0.3 is 0 Å². The summed E-state index contributed by atoms with van der Waals surface area (Å²) in [5, 5.41) is 10.3. The Labute approximate surface area is 141 Å². The van der Waals surface area contributed by atoms with Gasteiger partial charge in [-0.25, -0.2) is 9.37 Å². The molecule has 2 heterocycles.